The average Bonchev–Trinajstić information content (AvgIpc) is 2.79. The molecule has 0 saturated heterocycles. The zero-order valence-corrected chi connectivity index (χ0v) is 16.2. The van der Waals surface area contributed by atoms with E-state index in [4.69, 9.17) is 9.47 Å². The lowest BCUT2D eigenvalue weighted by atomic mass is 10.0. The molecule has 1 aliphatic rings. The molecule has 2 aromatic carbocycles. The normalized spacial score (nSPS) is 16.2. The molecule has 6 heteroatoms. The second kappa shape index (κ2) is 8.25. The Morgan fingerprint density at radius 1 is 1.18 bits per heavy atom. The van der Waals surface area contributed by atoms with E-state index in [2.05, 4.69) is 0 Å². The van der Waals surface area contributed by atoms with Gasteiger partial charge in [-0.3, -0.25) is 19.3 Å². The first-order chi connectivity index (χ1) is 13.5. The lowest BCUT2D eigenvalue weighted by molar-refractivity contribution is -0.135. The van der Waals surface area contributed by atoms with Crippen LogP contribution in [-0.2, 0) is 4.79 Å². The van der Waals surface area contributed by atoms with Crippen molar-refractivity contribution in [2.24, 2.45) is 0 Å². The Hall–Kier alpha value is -3.15. The second-order valence-corrected chi connectivity index (χ2v) is 6.75. The van der Waals surface area contributed by atoms with Crippen LogP contribution in [0.4, 0.5) is 0 Å². The van der Waals surface area contributed by atoms with E-state index >= 15 is 0 Å². The van der Waals surface area contributed by atoms with Gasteiger partial charge in [0, 0.05) is 0 Å². The Kier molecular flexibility index (Phi) is 5.78. The fourth-order valence-electron chi connectivity index (χ4n) is 3.23. The lowest BCUT2D eigenvalue weighted by Crippen LogP contribution is -2.45. The summed E-state index contributed by atoms with van der Waals surface area (Å²) in [6, 6.07) is 11.9. The highest BCUT2D eigenvalue weighted by atomic mass is 16.5. The van der Waals surface area contributed by atoms with Gasteiger partial charge in [0.25, 0.3) is 11.8 Å². The molecule has 0 spiro atoms. The van der Waals surface area contributed by atoms with Crippen LogP contribution in [0.1, 0.15) is 46.0 Å². The number of Topliss-reactive ketones (excluding diaryl/α,β-unsaturated/α-hetero) is 1. The smallest absolute Gasteiger partial charge is 0.270 e. The van der Waals surface area contributed by atoms with Gasteiger partial charge in [-0.05, 0) is 37.6 Å². The van der Waals surface area contributed by atoms with Crippen LogP contribution in [0.2, 0.25) is 0 Å². The number of ether oxygens (including phenoxy) is 2. The molecule has 0 saturated carbocycles. The molecule has 28 heavy (non-hydrogen) atoms. The highest BCUT2D eigenvalue weighted by molar-refractivity contribution is 6.12. The van der Waals surface area contributed by atoms with Crippen LogP contribution in [0.5, 0.6) is 11.5 Å². The topological polar surface area (TPSA) is 72.9 Å². The Morgan fingerprint density at radius 3 is 2.64 bits per heavy atom. The van der Waals surface area contributed by atoms with Gasteiger partial charge < -0.3 is 9.47 Å². The maximum Gasteiger partial charge on any atom is 0.270 e. The van der Waals surface area contributed by atoms with Crippen molar-refractivity contribution in [3.8, 4) is 11.5 Å². The number of methoxy groups -OCH3 is 1. The molecule has 2 aromatic rings. The minimum Gasteiger partial charge on any atom is -0.496 e. The first-order valence-electron chi connectivity index (χ1n) is 9.25. The third-order valence-electron chi connectivity index (χ3n) is 4.68. The minimum absolute atomic E-state index is 0.276. The number of rotatable bonds is 6. The zero-order valence-electron chi connectivity index (χ0n) is 16.2. The van der Waals surface area contributed by atoms with E-state index in [1.54, 1.807) is 36.4 Å². The van der Waals surface area contributed by atoms with Crippen LogP contribution in [-0.4, -0.2) is 42.3 Å². The Balaban J connectivity index is 1.97. The van der Waals surface area contributed by atoms with Crippen LogP contribution < -0.4 is 9.47 Å². The van der Waals surface area contributed by atoms with E-state index in [-0.39, 0.29) is 17.9 Å². The van der Waals surface area contributed by atoms with E-state index < -0.39 is 17.9 Å². The quantitative estimate of drug-likeness (QED) is 0.566. The summed E-state index contributed by atoms with van der Waals surface area (Å²) in [4.78, 5) is 40.0. The van der Waals surface area contributed by atoms with Crippen LogP contribution in [0.15, 0.2) is 42.5 Å². The fourth-order valence-corrected chi connectivity index (χ4v) is 3.23. The number of carbonyl (C=O) groups excluding carboxylic acids is 3. The Bertz CT molecular complexity index is 921. The average molecular weight is 381 g/mol. The molecule has 146 valence electrons. The molecule has 0 aliphatic carbocycles. The second-order valence-electron chi connectivity index (χ2n) is 6.75. The van der Waals surface area contributed by atoms with E-state index in [1.165, 1.54) is 7.11 Å². The number of carbonyl (C=O) groups is 3. The molecule has 0 N–H and O–H groups in total. The lowest BCUT2D eigenvalue weighted by Gasteiger charge is -2.22. The number of imide groups is 1. The summed E-state index contributed by atoms with van der Waals surface area (Å²) in [6.45, 7) is 3.43. The van der Waals surface area contributed by atoms with Crippen LogP contribution in [0.25, 0.3) is 0 Å². The van der Waals surface area contributed by atoms with Crippen molar-refractivity contribution in [3.63, 3.8) is 0 Å². The largest absolute Gasteiger partial charge is 0.496 e. The molecule has 1 atom stereocenters. The van der Waals surface area contributed by atoms with Crippen LogP contribution >= 0.6 is 0 Å². The minimum atomic E-state index is -0.801. The molecule has 0 fully saturated rings. The number of nitrogens with zero attached hydrogens (tertiary/aromatic N) is 1. The molecular formula is C22H23NO5. The van der Waals surface area contributed by atoms with E-state index in [0.717, 1.165) is 10.5 Å². The number of fused-ring (bicyclic) bond motifs is 1. The molecule has 1 heterocycles. The Labute approximate surface area is 164 Å². The van der Waals surface area contributed by atoms with Crippen molar-refractivity contribution in [2.45, 2.75) is 32.8 Å². The summed E-state index contributed by atoms with van der Waals surface area (Å²) in [6.07, 6.45) is 0.365. The van der Waals surface area contributed by atoms with Crippen LogP contribution in [0, 0.1) is 6.92 Å². The van der Waals surface area contributed by atoms with Gasteiger partial charge in [0.2, 0.25) is 0 Å². The summed E-state index contributed by atoms with van der Waals surface area (Å²) >= 11 is 0. The summed E-state index contributed by atoms with van der Waals surface area (Å²) in [5.74, 6) is -0.617. The first-order valence-corrected chi connectivity index (χ1v) is 9.25. The van der Waals surface area contributed by atoms with Gasteiger partial charge in [-0.2, -0.15) is 0 Å². The fraction of sp³-hybridized carbons (Fsp3) is 0.318. The molecule has 6 nitrogen and oxygen atoms in total. The SMILES string of the molecule is CCC[C@H]1Oc2ccccc2C(=O)N(CC(=O)c2cc(C)ccc2OC)C1=O. The van der Waals surface area contributed by atoms with Crippen molar-refractivity contribution in [1.82, 2.24) is 4.90 Å². The number of ketones is 1. The van der Waals surface area contributed by atoms with E-state index in [9.17, 15) is 14.4 Å². The number of para-hydroxylation sites is 1. The van der Waals surface area contributed by atoms with Crippen molar-refractivity contribution < 1.29 is 23.9 Å². The van der Waals surface area contributed by atoms with Crippen molar-refractivity contribution in [3.05, 3.63) is 59.2 Å². The summed E-state index contributed by atoms with van der Waals surface area (Å²) in [5.41, 5.74) is 1.50. The van der Waals surface area contributed by atoms with E-state index in [0.29, 0.717) is 29.9 Å². The molecule has 3 rings (SSSR count). The highest BCUT2D eigenvalue weighted by Crippen LogP contribution is 2.28. The molecule has 0 unspecified atom stereocenters. The van der Waals surface area contributed by atoms with Crippen molar-refractivity contribution >= 4 is 17.6 Å². The summed E-state index contributed by atoms with van der Waals surface area (Å²) in [7, 11) is 1.48. The van der Waals surface area contributed by atoms with Gasteiger partial charge in [-0.15, -0.1) is 0 Å². The molecule has 0 aromatic heterocycles. The third kappa shape index (κ3) is 3.76. The third-order valence-corrected chi connectivity index (χ3v) is 4.68. The number of benzene rings is 2. The highest BCUT2D eigenvalue weighted by Gasteiger charge is 2.37. The van der Waals surface area contributed by atoms with Gasteiger partial charge in [0.1, 0.15) is 11.5 Å². The van der Waals surface area contributed by atoms with E-state index in [1.807, 2.05) is 19.9 Å². The molecule has 0 radical (unpaired) electrons. The molecule has 2 amide bonds. The van der Waals surface area contributed by atoms with Crippen molar-refractivity contribution in [2.75, 3.05) is 13.7 Å². The van der Waals surface area contributed by atoms with Gasteiger partial charge in [0.15, 0.2) is 11.9 Å². The van der Waals surface area contributed by atoms with Crippen molar-refractivity contribution in [1.29, 1.82) is 0 Å². The zero-order chi connectivity index (χ0) is 20.3. The number of amides is 2. The Morgan fingerprint density at radius 2 is 1.93 bits per heavy atom. The summed E-state index contributed by atoms with van der Waals surface area (Å²) < 4.78 is 11.1. The summed E-state index contributed by atoms with van der Waals surface area (Å²) in [5, 5.41) is 0. The van der Waals surface area contributed by atoms with Gasteiger partial charge in [-0.1, -0.05) is 37.1 Å². The predicted molar refractivity (Wildman–Crippen MR) is 104 cm³/mol. The van der Waals surface area contributed by atoms with Crippen LogP contribution in [0.3, 0.4) is 0 Å². The molecular weight excluding hydrogens is 358 g/mol. The monoisotopic (exact) mass is 381 g/mol. The standard InChI is InChI=1S/C22H23NO5/c1-4-7-20-22(26)23(21(25)15-8-5-6-9-19(15)28-20)13-17(24)16-12-14(2)10-11-18(16)27-3/h5-6,8-12,20H,4,7,13H2,1-3H3/t20-/m1/s1. The molecule has 1 aliphatic heterocycles. The predicted octanol–water partition coefficient (Wildman–Crippen LogP) is 3.42. The van der Waals surface area contributed by atoms with Gasteiger partial charge in [-0.25, -0.2) is 0 Å². The van der Waals surface area contributed by atoms with Gasteiger partial charge >= 0.3 is 0 Å². The van der Waals surface area contributed by atoms with Gasteiger partial charge in [0.05, 0.1) is 24.8 Å². The first kappa shape index (κ1) is 19.6. The maximum absolute atomic E-state index is 13.0. The number of aryl methyl sites for hydroxylation is 1. The maximum atomic E-state index is 13.0. The number of hydrogen-bond acceptors (Lipinski definition) is 5. The number of hydrogen-bond donors (Lipinski definition) is 0. The molecule has 0 bridgehead atoms.